The summed E-state index contributed by atoms with van der Waals surface area (Å²) in [5.74, 6) is 2.03. The van der Waals surface area contributed by atoms with Gasteiger partial charge in [0.25, 0.3) is 10.0 Å². The third-order valence-electron chi connectivity index (χ3n) is 5.62. The number of benzene rings is 3. The zero-order chi connectivity index (χ0) is 25.8. The number of hydrogen-bond acceptors (Lipinski definition) is 8. The van der Waals surface area contributed by atoms with Crippen LogP contribution in [0.25, 0.3) is 11.3 Å². The van der Waals surface area contributed by atoms with Gasteiger partial charge in [-0.3, -0.25) is 0 Å². The first-order valence-electron chi connectivity index (χ1n) is 11.4. The van der Waals surface area contributed by atoms with Crippen LogP contribution in [0.15, 0.2) is 101 Å². The fourth-order valence-corrected chi connectivity index (χ4v) is 4.56. The molecule has 0 bridgehead atoms. The van der Waals surface area contributed by atoms with E-state index in [1.54, 1.807) is 32.0 Å². The van der Waals surface area contributed by atoms with Crippen molar-refractivity contribution in [2.24, 2.45) is 0 Å². The van der Waals surface area contributed by atoms with Crippen LogP contribution in [0, 0.1) is 13.8 Å². The van der Waals surface area contributed by atoms with Crippen LogP contribution in [0.1, 0.15) is 11.3 Å². The Labute approximate surface area is 214 Å². The fourth-order valence-electron chi connectivity index (χ4n) is 3.51. The van der Waals surface area contributed by atoms with E-state index in [0.717, 1.165) is 11.3 Å². The first-order valence-corrected chi connectivity index (χ1v) is 12.8. The quantitative estimate of drug-likeness (QED) is 0.256. The SMILES string of the molecule is Cc1noc(NS(=O)(=O)c2ccc(Nc3cc(-c4ccccc4Oc4ccccc4)ncn3)cc2)c1C. The molecular formula is C27H23N5O4S. The standard InChI is InChI=1S/C27H23N5O4S/c1-18-19(2)31-36-27(18)32-37(33,34)22-14-12-20(13-15-22)30-26-16-24(28-17-29-26)23-10-6-7-11-25(23)35-21-8-4-3-5-9-21/h3-17,32H,1-2H3,(H,28,29,30). The molecule has 5 aromatic rings. The highest BCUT2D eigenvalue weighted by Gasteiger charge is 2.19. The third kappa shape index (κ3) is 5.44. The maximum absolute atomic E-state index is 12.7. The first-order chi connectivity index (χ1) is 17.9. The molecule has 0 radical (unpaired) electrons. The molecule has 37 heavy (non-hydrogen) atoms. The molecule has 0 saturated carbocycles. The smallest absolute Gasteiger partial charge is 0.264 e. The number of hydrogen-bond donors (Lipinski definition) is 2. The van der Waals surface area contributed by atoms with Crippen molar-refractivity contribution in [3.05, 3.63) is 103 Å². The molecule has 0 unspecified atom stereocenters. The van der Waals surface area contributed by atoms with Gasteiger partial charge >= 0.3 is 0 Å². The van der Waals surface area contributed by atoms with Crippen molar-refractivity contribution in [2.75, 3.05) is 10.0 Å². The molecule has 0 fully saturated rings. The van der Waals surface area contributed by atoms with Gasteiger partial charge in [0.15, 0.2) is 0 Å². The van der Waals surface area contributed by atoms with E-state index in [1.807, 2.05) is 54.6 Å². The van der Waals surface area contributed by atoms with Gasteiger partial charge in [0, 0.05) is 22.9 Å². The highest BCUT2D eigenvalue weighted by molar-refractivity contribution is 7.92. The molecule has 0 saturated heterocycles. The summed E-state index contributed by atoms with van der Waals surface area (Å²) in [6.45, 7) is 3.48. The van der Waals surface area contributed by atoms with Crippen molar-refractivity contribution in [1.82, 2.24) is 15.1 Å². The number of anilines is 3. The molecule has 186 valence electrons. The Hall–Kier alpha value is -4.70. The Bertz CT molecular complexity index is 1640. The van der Waals surface area contributed by atoms with E-state index >= 15 is 0 Å². The highest BCUT2D eigenvalue weighted by Crippen LogP contribution is 2.33. The van der Waals surface area contributed by atoms with Crippen LogP contribution in [0.2, 0.25) is 0 Å². The molecule has 2 N–H and O–H groups in total. The number of rotatable bonds is 8. The van der Waals surface area contributed by atoms with Crippen molar-refractivity contribution in [2.45, 2.75) is 18.7 Å². The van der Waals surface area contributed by atoms with Crippen LogP contribution in [-0.2, 0) is 10.0 Å². The third-order valence-corrected chi connectivity index (χ3v) is 6.97. The number of sulfonamides is 1. The summed E-state index contributed by atoms with van der Waals surface area (Å²) in [6, 6.07) is 25.2. The predicted molar refractivity (Wildman–Crippen MR) is 140 cm³/mol. The van der Waals surface area contributed by atoms with Gasteiger partial charge in [0.2, 0.25) is 5.88 Å². The van der Waals surface area contributed by atoms with E-state index in [2.05, 4.69) is 25.2 Å². The molecule has 5 rings (SSSR count). The summed E-state index contributed by atoms with van der Waals surface area (Å²) < 4.78 is 39.1. The lowest BCUT2D eigenvalue weighted by molar-refractivity contribution is 0.430. The second-order valence-corrected chi connectivity index (χ2v) is 9.86. The van der Waals surface area contributed by atoms with Crippen LogP contribution in [0.5, 0.6) is 11.5 Å². The second-order valence-electron chi connectivity index (χ2n) is 8.18. The molecule has 2 heterocycles. The van der Waals surface area contributed by atoms with Crippen molar-refractivity contribution < 1.29 is 17.7 Å². The van der Waals surface area contributed by atoms with E-state index < -0.39 is 10.0 Å². The van der Waals surface area contributed by atoms with E-state index in [0.29, 0.717) is 34.2 Å². The average molecular weight is 514 g/mol. The molecule has 2 aromatic heterocycles. The summed E-state index contributed by atoms with van der Waals surface area (Å²) in [4.78, 5) is 8.80. The number of aromatic nitrogens is 3. The molecule has 0 aliphatic carbocycles. The van der Waals surface area contributed by atoms with E-state index in [-0.39, 0.29) is 10.8 Å². The summed E-state index contributed by atoms with van der Waals surface area (Å²) in [7, 11) is -3.84. The molecule has 9 nitrogen and oxygen atoms in total. The lowest BCUT2D eigenvalue weighted by atomic mass is 10.1. The zero-order valence-corrected chi connectivity index (χ0v) is 20.9. The van der Waals surface area contributed by atoms with Gasteiger partial charge in [-0.1, -0.05) is 35.5 Å². The number of para-hydroxylation sites is 2. The van der Waals surface area contributed by atoms with Crippen LogP contribution in [-0.4, -0.2) is 23.5 Å². The van der Waals surface area contributed by atoms with Gasteiger partial charge in [-0.2, -0.15) is 0 Å². The summed E-state index contributed by atoms with van der Waals surface area (Å²) >= 11 is 0. The molecular weight excluding hydrogens is 490 g/mol. The number of ether oxygens (including phenoxy) is 1. The molecule has 0 spiro atoms. The van der Waals surface area contributed by atoms with Gasteiger partial charge in [-0.25, -0.2) is 23.1 Å². The maximum atomic E-state index is 12.7. The lowest BCUT2D eigenvalue weighted by Crippen LogP contribution is -2.13. The largest absolute Gasteiger partial charge is 0.457 e. The molecule has 0 aliphatic heterocycles. The van der Waals surface area contributed by atoms with E-state index in [9.17, 15) is 8.42 Å². The fraction of sp³-hybridized carbons (Fsp3) is 0.0741. The number of aryl methyl sites for hydroxylation is 1. The number of nitrogens with zero attached hydrogens (tertiary/aromatic N) is 3. The van der Waals surface area contributed by atoms with E-state index in [4.69, 9.17) is 9.26 Å². The highest BCUT2D eigenvalue weighted by atomic mass is 32.2. The van der Waals surface area contributed by atoms with Gasteiger partial charge < -0.3 is 14.6 Å². The van der Waals surface area contributed by atoms with Crippen molar-refractivity contribution >= 4 is 27.4 Å². The van der Waals surface area contributed by atoms with Gasteiger partial charge in [-0.15, -0.1) is 0 Å². The zero-order valence-electron chi connectivity index (χ0n) is 20.0. The molecule has 10 heteroatoms. The maximum Gasteiger partial charge on any atom is 0.264 e. The lowest BCUT2D eigenvalue weighted by Gasteiger charge is -2.12. The van der Waals surface area contributed by atoms with Crippen LogP contribution in [0.3, 0.4) is 0 Å². The van der Waals surface area contributed by atoms with Crippen LogP contribution >= 0.6 is 0 Å². The Kier molecular flexibility index (Phi) is 6.57. The van der Waals surface area contributed by atoms with Gasteiger partial charge in [-0.05, 0) is 62.4 Å². The van der Waals surface area contributed by atoms with Crippen LogP contribution in [0.4, 0.5) is 17.4 Å². The summed E-state index contributed by atoms with van der Waals surface area (Å²) in [6.07, 6.45) is 1.46. The van der Waals surface area contributed by atoms with Gasteiger partial charge in [0.05, 0.1) is 16.3 Å². The first kappa shape index (κ1) is 24.0. The molecule has 3 aromatic carbocycles. The minimum Gasteiger partial charge on any atom is -0.457 e. The monoisotopic (exact) mass is 513 g/mol. The average Bonchev–Trinajstić information content (AvgIpc) is 3.22. The number of nitrogens with one attached hydrogen (secondary N) is 2. The van der Waals surface area contributed by atoms with Crippen molar-refractivity contribution in [3.8, 4) is 22.8 Å². The molecule has 0 aliphatic rings. The Morgan fingerprint density at radius 1 is 0.865 bits per heavy atom. The molecule has 0 amide bonds. The van der Waals surface area contributed by atoms with Gasteiger partial charge in [0.1, 0.15) is 23.6 Å². The van der Waals surface area contributed by atoms with E-state index in [1.165, 1.54) is 18.5 Å². The second kappa shape index (κ2) is 10.1. The van der Waals surface area contributed by atoms with Crippen molar-refractivity contribution in [1.29, 1.82) is 0 Å². The summed E-state index contributed by atoms with van der Waals surface area (Å²) in [5.41, 5.74) is 3.39. The minimum absolute atomic E-state index is 0.0851. The molecule has 0 atom stereocenters. The summed E-state index contributed by atoms with van der Waals surface area (Å²) in [5, 5.41) is 6.97. The predicted octanol–water partition coefficient (Wildman–Crippen LogP) is 6.09. The Morgan fingerprint density at radius 2 is 1.59 bits per heavy atom. The Balaban J connectivity index is 1.33. The topological polar surface area (TPSA) is 119 Å². The minimum atomic E-state index is -3.84. The normalized spacial score (nSPS) is 11.2. The van der Waals surface area contributed by atoms with Crippen LogP contribution < -0.4 is 14.8 Å². The van der Waals surface area contributed by atoms with Crippen molar-refractivity contribution in [3.63, 3.8) is 0 Å². The Morgan fingerprint density at radius 3 is 2.32 bits per heavy atom.